The van der Waals surface area contributed by atoms with Crippen LogP contribution in [0.5, 0.6) is 0 Å². The lowest BCUT2D eigenvalue weighted by molar-refractivity contribution is 0.136. The average Bonchev–Trinajstić information content (AvgIpc) is 2.67. The first kappa shape index (κ1) is 19.5. The molecular weight excluding hydrogens is 423 g/mol. The van der Waals surface area contributed by atoms with Gasteiger partial charge in [-0.1, -0.05) is 41.4 Å². The summed E-state index contributed by atoms with van der Waals surface area (Å²) < 4.78 is 32.6. The predicted octanol–water partition coefficient (Wildman–Crippen LogP) is 4.30. The van der Waals surface area contributed by atoms with Crippen LogP contribution in [0.1, 0.15) is 18.4 Å². The van der Waals surface area contributed by atoms with E-state index in [0.29, 0.717) is 25.9 Å². The molecule has 0 saturated carbocycles. The van der Waals surface area contributed by atoms with Crippen molar-refractivity contribution in [2.24, 2.45) is 0 Å². The zero-order valence-corrected chi connectivity index (χ0v) is 17.2. The molecule has 2 aliphatic rings. The van der Waals surface area contributed by atoms with Crippen molar-refractivity contribution in [2.75, 3.05) is 18.0 Å². The van der Waals surface area contributed by atoms with Gasteiger partial charge in [0.05, 0.1) is 10.6 Å². The fourth-order valence-electron chi connectivity index (χ4n) is 3.69. The Morgan fingerprint density at radius 1 is 1.00 bits per heavy atom. The Bertz CT molecular complexity index is 1000. The third-order valence-corrected chi connectivity index (χ3v) is 7.37. The van der Waals surface area contributed by atoms with Crippen LogP contribution in [-0.2, 0) is 21.4 Å². The van der Waals surface area contributed by atoms with Crippen LogP contribution in [0.3, 0.4) is 0 Å². The number of sulfonamides is 1. The van der Waals surface area contributed by atoms with E-state index < -0.39 is 10.0 Å². The summed E-state index contributed by atoms with van der Waals surface area (Å²) in [6, 6.07) is 11.8. The molecule has 1 amide bonds. The molecule has 0 aromatic heterocycles. The van der Waals surface area contributed by atoms with E-state index in [2.05, 4.69) is 0 Å². The monoisotopic (exact) mass is 440 g/mol. The maximum absolute atomic E-state index is 12.9. The summed E-state index contributed by atoms with van der Waals surface area (Å²) in [5.41, 5.74) is 1.78. The number of piperidine rings is 1. The topological polar surface area (TPSA) is 66.9 Å². The van der Waals surface area contributed by atoms with E-state index in [1.54, 1.807) is 4.90 Å². The van der Waals surface area contributed by atoms with Gasteiger partial charge < -0.3 is 4.74 Å². The summed E-state index contributed by atoms with van der Waals surface area (Å²) in [7, 11) is -3.71. The number of cyclic esters (lactones) is 1. The van der Waals surface area contributed by atoms with Crippen molar-refractivity contribution in [2.45, 2.75) is 30.4 Å². The normalized spacial score (nSPS) is 18.6. The average molecular weight is 441 g/mol. The van der Waals surface area contributed by atoms with Crippen LogP contribution in [0.25, 0.3) is 0 Å². The second kappa shape index (κ2) is 7.55. The second-order valence-electron chi connectivity index (χ2n) is 6.79. The number of hydrogen-bond acceptors (Lipinski definition) is 4. The molecule has 2 aromatic rings. The lowest BCUT2D eigenvalue weighted by atomic mass is 10.0. The molecule has 0 aliphatic carbocycles. The molecule has 1 saturated heterocycles. The standard InChI is InChI=1S/C19H18Cl2N2O4S/c20-14-9-15(21)11-17(10-14)28(25,26)22-7-5-16(6-8-22)23-18-4-2-1-3-13(18)12-27-19(23)24/h1-4,9-11,16H,5-8,12H2. The number of carbonyl (C=O) groups excluding carboxylic acids is 1. The molecule has 4 rings (SSSR count). The molecule has 2 aliphatic heterocycles. The van der Waals surface area contributed by atoms with Crippen molar-refractivity contribution in [3.8, 4) is 0 Å². The summed E-state index contributed by atoms with van der Waals surface area (Å²) in [4.78, 5) is 14.1. The van der Waals surface area contributed by atoms with Crippen molar-refractivity contribution in [3.05, 3.63) is 58.1 Å². The number of carbonyl (C=O) groups is 1. The van der Waals surface area contributed by atoms with Gasteiger partial charge in [-0.15, -0.1) is 0 Å². The molecule has 6 nitrogen and oxygen atoms in total. The van der Waals surface area contributed by atoms with Gasteiger partial charge in [0.2, 0.25) is 10.0 Å². The van der Waals surface area contributed by atoms with Crippen LogP contribution in [-0.4, -0.2) is 37.9 Å². The highest BCUT2D eigenvalue weighted by Crippen LogP contribution is 2.33. The molecule has 2 aromatic carbocycles. The van der Waals surface area contributed by atoms with Gasteiger partial charge in [0, 0.05) is 34.7 Å². The summed E-state index contributed by atoms with van der Waals surface area (Å²) in [6.45, 7) is 0.848. The number of amides is 1. The molecule has 0 N–H and O–H groups in total. The van der Waals surface area contributed by atoms with Crippen LogP contribution in [0.4, 0.5) is 10.5 Å². The predicted molar refractivity (Wildman–Crippen MR) is 107 cm³/mol. The van der Waals surface area contributed by atoms with E-state index in [9.17, 15) is 13.2 Å². The molecule has 2 heterocycles. The lowest BCUT2D eigenvalue weighted by Gasteiger charge is -2.39. The number of para-hydroxylation sites is 1. The summed E-state index contributed by atoms with van der Waals surface area (Å²) in [5, 5.41) is 0.544. The molecule has 0 spiro atoms. The van der Waals surface area contributed by atoms with Crippen molar-refractivity contribution in [1.29, 1.82) is 0 Å². The number of benzene rings is 2. The van der Waals surface area contributed by atoms with Crippen LogP contribution in [0, 0.1) is 0 Å². The van der Waals surface area contributed by atoms with Gasteiger partial charge in [-0.25, -0.2) is 13.2 Å². The first-order valence-corrected chi connectivity index (χ1v) is 11.1. The number of rotatable bonds is 3. The number of nitrogens with zero attached hydrogens (tertiary/aromatic N) is 2. The Kier molecular flexibility index (Phi) is 5.26. The van der Waals surface area contributed by atoms with Crippen molar-refractivity contribution in [1.82, 2.24) is 4.31 Å². The minimum atomic E-state index is -3.71. The molecule has 1 fully saturated rings. The number of halogens is 2. The number of anilines is 1. The van der Waals surface area contributed by atoms with Crippen LogP contribution in [0.2, 0.25) is 10.0 Å². The minimum Gasteiger partial charge on any atom is -0.444 e. The largest absolute Gasteiger partial charge is 0.444 e. The van der Waals surface area contributed by atoms with Crippen molar-refractivity contribution in [3.63, 3.8) is 0 Å². The van der Waals surface area contributed by atoms with E-state index in [4.69, 9.17) is 27.9 Å². The fourth-order valence-corrected chi connectivity index (χ4v) is 5.89. The zero-order chi connectivity index (χ0) is 19.9. The SMILES string of the molecule is O=C1OCc2ccccc2N1C1CCN(S(=O)(=O)c2cc(Cl)cc(Cl)c2)CC1. The van der Waals surface area contributed by atoms with Gasteiger partial charge >= 0.3 is 6.09 Å². The molecule has 9 heteroatoms. The quantitative estimate of drug-likeness (QED) is 0.713. The number of hydrogen-bond donors (Lipinski definition) is 0. The van der Waals surface area contributed by atoms with Gasteiger partial charge in [0.25, 0.3) is 0 Å². The van der Waals surface area contributed by atoms with E-state index >= 15 is 0 Å². The fraction of sp³-hybridized carbons (Fsp3) is 0.316. The lowest BCUT2D eigenvalue weighted by Crippen LogP contribution is -2.50. The third kappa shape index (κ3) is 3.59. The molecule has 0 radical (unpaired) electrons. The van der Waals surface area contributed by atoms with E-state index in [1.807, 2.05) is 24.3 Å². The van der Waals surface area contributed by atoms with Gasteiger partial charge in [-0.05, 0) is 37.1 Å². The first-order chi connectivity index (χ1) is 13.4. The Hall–Kier alpha value is -1.80. The van der Waals surface area contributed by atoms with Gasteiger partial charge in [-0.3, -0.25) is 4.90 Å². The molecule has 148 valence electrons. The highest BCUT2D eigenvalue weighted by atomic mass is 35.5. The van der Waals surface area contributed by atoms with Gasteiger partial charge in [0.1, 0.15) is 6.61 Å². The van der Waals surface area contributed by atoms with Crippen molar-refractivity contribution < 1.29 is 17.9 Å². The Morgan fingerprint density at radius 3 is 2.32 bits per heavy atom. The van der Waals surface area contributed by atoms with Crippen molar-refractivity contribution >= 4 is 45.0 Å². The van der Waals surface area contributed by atoms with Gasteiger partial charge in [-0.2, -0.15) is 4.31 Å². The third-order valence-electron chi connectivity index (χ3n) is 5.06. The number of fused-ring (bicyclic) bond motifs is 1. The molecule has 0 unspecified atom stereocenters. The van der Waals surface area contributed by atoms with Crippen LogP contribution < -0.4 is 4.90 Å². The molecule has 28 heavy (non-hydrogen) atoms. The van der Waals surface area contributed by atoms with E-state index in [0.717, 1.165) is 11.3 Å². The minimum absolute atomic E-state index is 0.0752. The maximum Gasteiger partial charge on any atom is 0.414 e. The Balaban J connectivity index is 1.53. The molecule has 0 bridgehead atoms. The Labute approximate surface area is 173 Å². The number of ether oxygens (including phenoxy) is 1. The second-order valence-corrected chi connectivity index (χ2v) is 9.60. The van der Waals surface area contributed by atoms with Crippen LogP contribution in [0.15, 0.2) is 47.4 Å². The zero-order valence-electron chi connectivity index (χ0n) is 14.8. The van der Waals surface area contributed by atoms with Gasteiger partial charge in [0.15, 0.2) is 0 Å². The summed E-state index contributed by atoms with van der Waals surface area (Å²) in [5.74, 6) is 0. The maximum atomic E-state index is 12.9. The van der Waals surface area contributed by atoms with Crippen LogP contribution >= 0.6 is 23.2 Å². The first-order valence-electron chi connectivity index (χ1n) is 8.86. The highest BCUT2D eigenvalue weighted by molar-refractivity contribution is 7.89. The van der Waals surface area contributed by atoms with E-state index in [1.165, 1.54) is 22.5 Å². The molecular formula is C19H18Cl2N2O4S. The summed E-state index contributed by atoms with van der Waals surface area (Å²) >= 11 is 11.9. The Morgan fingerprint density at radius 2 is 1.64 bits per heavy atom. The van der Waals surface area contributed by atoms with E-state index in [-0.39, 0.29) is 33.7 Å². The smallest absolute Gasteiger partial charge is 0.414 e. The highest BCUT2D eigenvalue weighted by Gasteiger charge is 2.37. The molecule has 0 atom stereocenters. The summed E-state index contributed by atoms with van der Waals surface area (Å²) in [6.07, 6.45) is 0.634.